The summed E-state index contributed by atoms with van der Waals surface area (Å²) in [7, 11) is 0. The van der Waals surface area contributed by atoms with Crippen molar-refractivity contribution >= 4 is 11.9 Å². The van der Waals surface area contributed by atoms with Crippen molar-refractivity contribution in [2.24, 2.45) is 0 Å². The third kappa shape index (κ3) is 54.4. The molecule has 0 aromatic carbocycles. The number of aliphatic hydroxyl groups is 1. The Bertz CT molecular complexity index is 1480. The van der Waals surface area contributed by atoms with E-state index in [2.05, 4.69) is 160 Å². The van der Waals surface area contributed by atoms with Crippen LogP contribution in [0.4, 0.5) is 0 Å². The molecule has 382 valence electrons. The van der Waals surface area contributed by atoms with Crippen molar-refractivity contribution in [3.05, 3.63) is 146 Å². The summed E-state index contributed by atoms with van der Waals surface area (Å²) < 4.78 is 10.6. The number of carbonyl (C=O) groups is 2. The molecule has 0 aliphatic rings. The molecule has 0 radical (unpaired) electrons. The number of allylic oxidation sites excluding steroid dienone is 24. The maximum absolute atomic E-state index is 12.3. The minimum absolute atomic E-state index is 0.0862. The van der Waals surface area contributed by atoms with Crippen LogP contribution in [0.25, 0.3) is 0 Å². The van der Waals surface area contributed by atoms with Gasteiger partial charge in [-0.2, -0.15) is 0 Å². The summed E-state index contributed by atoms with van der Waals surface area (Å²) in [6.07, 6.45) is 86.6. The second-order valence-corrected chi connectivity index (χ2v) is 17.6. The molecule has 0 rings (SSSR count). The molecule has 0 saturated carbocycles. The van der Waals surface area contributed by atoms with Crippen molar-refractivity contribution in [1.82, 2.24) is 0 Å². The fraction of sp³-hybridized carbons (Fsp3) is 0.587. The number of carbonyl (C=O) groups excluding carboxylic acids is 2. The Morgan fingerprint density at radius 1 is 0.353 bits per heavy atom. The molecule has 0 bridgehead atoms. The van der Waals surface area contributed by atoms with Crippen LogP contribution in [-0.4, -0.2) is 36.4 Å². The van der Waals surface area contributed by atoms with E-state index in [0.717, 1.165) is 135 Å². The zero-order valence-electron chi connectivity index (χ0n) is 43.6. The van der Waals surface area contributed by atoms with E-state index in [9.17, 15) is 14.7 Å². The molecule has 0 aromatic heterocycles. The molecule has 0 aromatic rings. The average Bonchev–Trinajstić information content (AvgIpc) is 3.34. The van der Waals surface area contributed by atoms with Crippen LogP contribution in [0.3, 0.4) is 0 Å². The second kappa shape index (κ2) is 57.1. The van der Waals surface area contributed by atoms with Crippen molar-refractivity contribution in [3.8, 4) is 0 Å². The average molecular weight is 937 g/mol. The van der Waals surface area contributed by atoms with Crippen LogP contribution < -0.4 is 0 Å². The number of aliphatic hydroxyl groups excluding tert-OH is 1. The van der Waals surface area contributed by atoms with Crippen molar-refractivity contribution in [3.63, 3.8) is 0 Å². The van der Waals surface area contributed by atoms with E-state index in [1.165, 1.54) is 57.8 Å². The van der Waals surface area contributed by atoms with Crippen LogP contribution in [0.1, 0.15) is 219 Å². The van der Waals surface area contributed by atoms with E-state index < -0.39 is 6.10 Å². The molecule has 1 unspecified atom stereocenters. The highest BCUT2D eigenvalue weighted by molar-refractivity contribution is 5.70. The Labute approximate surface area is 418 Å². The third-order valence-corrected chi connectivity index (χ3v) is 11.1. The van der Waals surface area contributed by atoms with E-state index in [-0.39, 0.29) is 25.2 Å². The van der Waals surface area contributed by atoms with Gasteiger partial charge in [-0.1, -0.05) is 230 Å². The molecular formula is C63H100O5. The summed E-state index contributed by atoms with van der Waals surface area (Å²) in [4.78, 5) is 24.4. The van der Waals surface area contributed by atoms with Gasteiger partial charge in [0, 0.05) is 12.8 Å². The zero-order valence-corrected chi connectivity index (χ0v) is 43.6. The van der Waals surface area contributed by atoms with Crippen molar-refractivity contribution in [2.45, 2.75) is 225 Å². The Morgan fingerprint density at radius 2 is 0.632 bits per heavy atom. The molecule has 5 heteroatoms. The number of unbranched alkanes of at least 4 members (excludes halogenated alkanes) is 16. The lowest BCUT2D eigenvalue weighted by Crippen LogP contribution is -2.28. The maximum Gasteiger partial charge on any atom is 0.306 e. The lowest BCUT2D eigenvalue weighted by molar-refractivity contribution is -0.161. The van der Waals surface area contributed by atoms with E-state index in [0.29, 0.717) is 12.8 Å². The van der Waals surface area contributed by atoms with Crippen molar-refractivity contribution in [1.29, 1.82) is 0 Å². The highest BCUT2D eigenvalue weighted by Gasteiger charge is 2.16. The molecule has 0 aliphatic carbocycles. The third-order valence-electron chi connectivity index (χ3n) is 11.1. The first-order valence-electron chi connectivity index (χ1n) is 27.4. The fourth-order valence-corrected chi connectivity index (χ4v) is 7.02. The molecular weight excluding hydrogens is 837 g/mol. The number of ether oxygens (including phenoxy) is 2. The molecule has 0 amide bonds. The number of hydrogen-bond acceptors (Lipinski definition) is 5. The standard InChI is InChI=1S/C63H100O5/c1-3-5-7-9-11-13-15-17-19-20-21-22-23-24-25-26-27-28-29-30-31-32-33-34-35-36-37-38-39-40-41-42-44-46-48-50-52-54-56-58-63(66)68-61(59-64)60-67-62(65)57-55-53-51-49-47-45-43-18-16-14-12-10-8-6-4-2/h5,7,11,13,17-19,21-22,24-25,27-28,30-31,33-34,36-37,39-40,42-44,61,64H,3-4,6,8-10,12,14-16,20,23,26,29,32,35,38,41,45-60H2,1-2H3/b7-5-,13-11-,19-17-,22-21-,25-24-,28-27-,31-30-,34-33-,37-36-,40-39-,43-18-,44-42-. The Balaban J connectivity index is 3.67. The number of hydrogen-bond donors (Lipinski definition) is 1. The van der Waals surface area contributed by atoms with E-state index in [1.807, 2.05) is 0 Å². The van der Waals surface area contributed by atoms with Crippen LogP contribution in [0, 0.1) is 0 Å². The van der Waals surface area contributed by atoms with Gasteiger partial charge in [-0.05, 0) is 122 Å². The van der Waals surface area contributed by atoms with Gasteiger partial charge in [0.15, 0.2) is 6.10 Å². The van der Waals surface area contributed by atoms with Gasteiger partial charge in [0.2, 0.25) is 0 Å². The van der Waals surface area contributed by atoms with Crippen LogP contribution >= 0.6 is 0 Å². The summed E-state index contributed by atoms with van der Waals surface area (Å²) in [5.41, 5.74) is 0. The predicted octanol–water partition coefficient (Wildman–Crippen LogP) is 18.6. The monoisotopic (exact) mass is 937 g/mol. The lowest BCUT2D eigenvalue weighted by Gasteiger charge is -2.15. The molecule has 1 atom stereocenters. The van der Waals surface area contributed by atoms with Gasteiger partial charge < -0.3 is 14.6 Å². The van der Waals surface area contributed by atoms with Gasteiger partial charge in [-0.15, -0.1) is 0 Å². The molecule has 0 aliphatic heterocycles. The first-order valence-corrected chi connectivity index (χ1v) is 27.4. The van der Waals surface area contributed by atoms with Gasteiger partial charge >= 0.3 is 11.9 Å². The Morgan fingerprint density at radius 3 is 0.971 bits per heavy atom. The first-order chi connectivity index (χ1) is 33.6. The topological polar surface area (TPSA) is 72.8 Å². The summed E-state index contributed by atoms with van der Waals surface area (Å²) >= 11 is 0. The molecule has 0 fully saturated rings. The van der Waals surface area contributed by atoms with E-state index in [1.54, 1.807) is 0 Å². The predicted molar refractivity (Wildman–Crippen MR) is 297 cm³/mol. The molecule has 0 saturated heterocycles. The van der Waals surface area contributed by atoms with Gasteiger partial charge in [0.1, 0.15) is 6.61 Å². The van der Waals surface area contributed by atoms with Gasteiger partial charge in [0.05, 0.1) is 6.61 Å². The SMILES string of the molecule is CC/C=C\C/C=C\C/C=C\C/C=C\C/C=C\C/C=C\C/C=C\C/C=C\C/C=C\C/C=C\C/C=C\CCCCCCCC(=O)OC(CO)COC(=O)CCCCCCC/C=C\CCCCCCCC. The largest absolute Gasteiger partial charge is 0.462 e. The first kappa shape index (κ1) is 63.8. The van der Waals surface area contributed by atoms with Crippen molar-refractivity contribution < 1.29 is 24.2 Å². The van der Waals surface area contributed by atoms with Crippen LogP contribution in [0.2, 0.25) is 0 Å². The molecule has 5 nitrogen and oxygen atoms in total. The summed E-state index contributed by atoms with van der Waals surface area (Å²) in [5, 5.41) is 9.62. The normalized spacial score (nSPS) is 13.4. The molecule has 0 heterocycles. The lowest BCUT2D eigenvalue weighted by atomic mass is 10.1. The van der Waals surface area contributed by atoms with Crippen molar-refractivity contribution in [2.75, 3.05) is 13.2 Å². The molecule has 68 heavy (non-hydrogen) atoms. The summed E-state index contributed by atoms with van der Waals surface area (Å²) in [6.45, 7) is 3.99. The molecule has 1 N–H and O–H groups in total. The minimum atomic E-state index is -0.796. The highest BCUT2D eigenvalue weighted by atomic mass is 16.6. The van der Waals surface area contributed by atoms with E-state index in [4.69, 9.17) is 9.47 Å². The smallest absolute Gasteiger partial charge is 0.306 e. The van der Waals surface area contributed by atoms with Gasteiger partial charge in [-0.25, -0.2) is 0 Å². The maximum atomic E-state index is 12.3. The van der Waals surface area contributed by atoms with Crippen LogP contribution in [-0.2, 0) is 19.1 Å². The Hall–Kier alpha value is -4.22. The minimum Gasteiger partial charge on any atom is -0.462 e. The Kier molecular flexibility index (Phi) is 53.6. The van der Waals surface area contributed by atoms with E-state index >= 15 is 0 Å². The van der Waals surface area contributed by atoms with Crippen LogP contribution in [0.5, 0.6) is 0 Å². The second-order valence-electron chi connectivity index (χ2n) is 17.6. The molecule has 0 spiro atoms. The van der Waals surface area contributed by atoms with Gasteiger partial charge in [-0.3, -0.25) is 9.59 Å². The zero-order chi connectivity index (χ0) is 49.2. The highest BCUT2D eigenvalue weighted by Crippen LogP contribution is 2.12. The number of rotatable bonds is 48. The summed E-state index contributed by atoms with van der Waals surface area (Å²) in [6, 6.07) is 0. The fourth-order valence-electron chi connectivity index (χ4n) is 7.02. The van der Waals surface area contributed by atoms with Crippen LogP contribution in [0.15, 0.2) is 146 Å². The quantitative estimate of drug-likeness (QED) is 0.0374. The summed E-state index contributed by atoms with van der Waals surface area (Å²) in [5.74, 6) is -0.632. The van der Waals surface area contributed by atoms with Gasteiger partial charge in [0.25, 0.3) is 0 Å². The number of esters is 2.